The molecular formula is C12H12N2. The van der Waals surface area contributed by atoms with Crippen LogP contribution in [0.3, 0.4) is 0 Å². The average Bonchev–Trinajstić information content (AvgIpc) is 2.26. The molecule has 1 heterocycles. The highest BCUT2D eigenvalue weighted by atomic mass is 14.9. The van der Waals surface area contributed by atoms with Gasteiger partial charge in [0.1, 0.15) is 0 Å². The summed E-state index contributed by atoms with van der Waals surface area (Å²) < 4.78 is 0. The topological polar surface area (TPSA) is 35.8 Å². The second-order valence-corrected chi connectivity index (χ2v) is 3.37. The van der Waals surface area contributed by atoms with Crippen LogP contribution in [0.4, 0.5) is 0 Å². The molecule has 1 aromatic rings. The third kappa shape index (κ3) is 1.68. The predicted octanol–water partition coefficient (Wildman–Crippen LogP) is 1.87. The molecule has 0 unspecified atom stereocenters. The van der Waals surface area contributed by atoms with E-state index < -0.39 is 0 Å². The minimum atomic E-state index is 0.948. The van der Waals surface area contributed by atoms with Crippen LogP contribution < -0.4 is 5.32 Å². The van der Waals surface area contributed by atoms with Gasteiger partial charge in [0.15, 0.2) is 0 Å². The maximum Gasteiger partial charge on any atom is 0.0912 e. The standard InChI is InChI=1S/C12H12N2/c13-7-2-5-10-3-1-4-11-9-14-8-6-12(10)11/h1-5,14H,6,8-9H2. The van der Waals surface area contributed by atoms with Crippen molar-refractivity contribution in [1.29, 1.82) is 5.26 Å². The molecule has 0 radical (unpaired) electrons. The third-order valence-electron chi connectivity index (χ3n) is 2.51. The number of nitrogens with zero attached hydrogens (tertiary/aromatic N) is 1. The van der Waals surface area contributed by atoms with E-state index in [0.29, 0.717) is 0 Å². The van der Waals surface area contributed by atoms with Crippen LogP contribution in [0.25, 0.3) is 6.08 Å². The van der Waals surface area contributed by atoms with E-state index in [2.05, 4.69) is 17.4 Å². The first kappa shape index (κ1) is 8.98. The van der Waals surface area contributed by atoms with Crippen molar-refractivity contribution in [3.8, 4) is 6.07 Å². The molecule has 2 nitrogen and oxygen atoms in total. The van der Waals surface area contributed by atoms with Crippen molar-refractivity contribution in [2.75, 3.05) is 6.54 Å². The van der Waals surface area contributed by atoms with Gasteiger partial charge in [-0.3, -0.25) is 0 Å². The van der Waals surface area contributed by atoms with Gasteiger partial charge in [0.25, 0.3) is 0 Å². The Labute approximate surface area is 83.9 Å². The molecule has 0 aromatic heterocycles. The van der Waals surface area contributed by atoms with Gasteiger partial charge in [-0.05, 0) is 35.7 Å². The molecule has 1 N–H and O–H groups in total. The van der Waals surface area contributed by atoms with Crippen LogP contribution in [-0.2, 0) is 13.0 Å². The lowest BCUT2D eigenvalue weighted by Crippen LogP contribution is -2.24. The van der Waals surface area contributed by atoms with Gasteiger partial charge in [-0.15, -0.1) is 0 Å². The SMILES string of the molecule is N#CC=Cc1cccc2c1CCNC2. The van der Waals surface area contributed by atoms with Gasteiger partial charge < -0.3 is 5.32 Å². The number of allylic oxidation sites excluding steroid dienone is 1. The number of fused-ring (bicyclic) bond motifs is 1. The van der Waals surface area contributed by atoms with E-state index in [0.717, 1.165) is 19.5 Å². The van der Waals surface area contributed by atoms with Crippen LogP contribution in [-0.4, -0.2) is 6.54 Å². The van der Waals surface area contributed by atoms with E-state index in [1.165, 1.54) is 22.8 Å². The minimum absolute atomic E-state index is 0.948. The zero-order valence-electron chi connectivity index (χ0n) is 7.96. The highest BCUT2D eigenvalue weighted by molar-refractivity contribution is 5.58. The second kappa shape index (κ2) is 4.08. The molecular weight excluding hydrogens is 172 g/mol. The van der Waals surface area contributed by atoms with Gasteiger partial charge in [-0.1, -0.05) is 18.2 Å². The van der Waals surface area contributed by atoms with E-state index in [-0.39, 0.29) is 0 Å². The van der Waals surface area contributed by atoms with Gasteiger partial charge >= 0.3 is 0 Å². The van der Waals surface area contributed by atoms with Gasteiger partial charge in [0.05, 0.1) is 6.07 Å². The molecule has 1 aliphatic rings. The van der Waals surface area contributed by atoms with Gasteiger partial charge in [-0.25, -0.2) is 0 Å². The molecule has 0 fully saturated rings. The van der Waals surface area contributed by atoms with E-state index in [1.54, 1.807) is 0 Å². The summed E-state index contributed by atoms with van der Waals surface area (Å²) in [7, 11) is 0. The Hall–Kier alpha value is -1.59. The van der Waals surface area contributed by atoms with Crippen molar-refractivity contribution in [3.05, 3.63) is 41.0 Å². The van der Waals surface area contributed by atoms with Crippen LogP contribution in [0.2, 0.25) is 0 Å². The first-order valence-corrected chi connectivity index (χ1v) is 4.79. The largest absolute Gasteiger partial charge is 0.312 e. The molecule has 0 amide bonds. The maximum atomic E-state index is 8.48. The fraction of sp³-hybridized carbons (Fsp3) is 0.250. The lowest BCUT2D eigenvalue weighted by molar-refractivity contribution is 0.643. The predicted molar refractivity (Wildman–Crippen MR) is 56.5 cm³/mol. The first-order valence-electron chi connectivity index (χ1n) is 4.79. The number of benzene rings is 1. The molecule has 1 aromatic carbocycles. The van der Waals surface area contributed by atoms with E-state index in [1.807, 2.05) is 18.2 Å². The molecule has 0 bridgehead atoms. The molecule has 0 aliphatic carbocycles. The van der Waals surface area contributed by atoms with Gasteiger partial charge in [0.2, 0.25) is 0 Å². The third-order valence-corrected chi connectivity index (χ3v) is 2.51. The molecule has 2 heteroatoms. The summed E-state index contributed by atoms with van der Waals surface area (Å²) in [6.07, 6.45) is 4.49. The second-order valence-electron chi connectivity index (χ2n) is 3.37. The summed E-state index contributed by atoms with van der Waals surface area (Å²) in [5.74, 6) is 0. The number of hydrogen-bond acceptors (Lipinski definition) is 2. The highest BCUT2D eigenvalue weighted by Crippen LogP contribution is 2.19. The Morgan fingerprint density at radius 1 is 1.43 bits per heavy atom. The highest BCUT2D eigenvalue weighted by Gasteiger charge is 2.10. The number of hydrogen-bond donors (Lipinski definition) is 1. The van der Waals surface area contributed by atoms with Gasteiger partial charge in [0, 0.05) is 12.6 Å². The zero-order chi connectivity index (χ0) is 9.80. The number of rotatable bonds is 1. The minimum Gasteiger partial charge on any atom is -0.312 e. The maximum absolute atomic E-state index is 8.48. The molecule has 14 heavy (non-hydrogen) atoms. The monoisotopic (exact) mass is 184 g/mol. The average molecular weight is 184 g/mol. The summed E-state index contributed by atoms with van der Waals surface area (Å²) in [6, 6.07) is 8.28. The number of nitriles is 1. The van der Waals surface area contributed by atoms with Crippen molar-refractivity contribution in [1.82, 2.24) is 5.32 Å². The Kier molecular flexibility index (Phi) is 2.62. The van der Waals surface area contributed by atoms with Crippen LogP contribution in [0, 0.1) is 11.3 Å². The molecule has 0 saturated heterocycles. The van der Waals surface area contributed by atoms with Crippen molar-refractivity contribution in [3.63, 3.8) is 0 Å². The number of nitrogens with one attached hydrogen (secondary N) is 1. The quantitative estimate of drug-likeness (QED) is 0.676. The normalized spacial score (nSPS) is 15.1. The lowest BCUT2D eigenvalue weighted by Gasteiger charge is -2.18. The molecule has 0 saturated carbocycles. The summed E-state index contributed by atoms with van der Waals surface area (Å²) in [4.78, 5) is 0. The van der Waals surface area contributed by atoms with Crippen molar-refractivity contribution >= 4 is 6.08 Å². The summed E-state index contributed by atoms with van der Waals surface area (Å²) in [6.45, 7) is 1.98. The summed E-state index contributed by atoms with van der Waals surface area (Å²) in [5, 5.41) is 11.8. The van der Waals surface area contributed by atoms with Crippen molar-refractivity contribution in [2.45, 2.75) is 13.0 Å². The summed E-state index contributed by atoms with van der Waals surface area (Å²) >= 11 is 0. The smallest absolute Gasteiger partial charge is 0.0912 e. The Morgan fingerprint density at radius 3 is 3.21 bits per heavy atom. The Morgan fingerprint density at radius 2 is 2.36 bits per heavy atom. The van der Waals surface area contributed by atoms with Crippen LogP contribution in [0.5, 0.6) is 0 Å². The van der Waals surface area contributed by atoms with E-state index >= 15 is 0 Å². The molecule has 2 rings (SSSR count). The molecule has 0 spiro atoms. The van der Waals surface area contributed by atoms with Crippen molar-refractivity contribution < 1.29 is 0 Å². The first-order chi connectivity index (χ1) is 6.92. The van der Waals surface area contributed by atoms with Gasteiger partial charge in [-0.2, -0.15) is 5.26 Å². The lowest BCUT2D eigenvalue weighted by atomic mass is 9.95. The fourth-order valence-corrected chi connectivity index (χ4v) is 1.84. The van der Waals surface area contributed by atoms with Crippen LogP contribution >= 0.6 is 0 Å². The Balaban J connectivity index is 2.41. The van der Waals surface area contributed by atoms with Crippen LogP contribution in [0.1, 0.15) is 16.7 Å². The zero-order valence-corrected chi connectivity index (χ0v) is 7.96. The van der Waals surface area contributed by atoms with Crippen LogP contribution in [0.15, 0.2) is 24.3 Å². The summed E-state index contributed by atoms with van der Waals surface area (Å²) in [5.41, 5.74) is 3.93. The molecule has 70 valence electrons. The fourth-order valence-electron chi connectivity index (χ4n) is 1.84. The Bertz CT molecular complexity index is 399. The molecule has 0 atom stereocenters. The van der Waals surface area contributed by atoms with E-state index in [4.69, 9.17) is 5.26 Å². The van der Waals surface area contributed by atoms with E-state index in [9.17, 15) is 0 Å². The molecule has 1 aliphatic heterocycles. The van der Waals surface area contributed by atoms with Crippen molar-refractivity contribution in [2.24, 2.45) is 0 Å².